The molecule has 0 saturated carbocycles. The van der Waals surface area contributed by atoms with Crippen molar-refractivity contribution in [2.75, 3.05) is 31.2 Å². The van der Waals surface area contributed by atoms with Gasteiger partial charge in [0.2, 0.25) is 21.8 Å². The summed E-state index contributed by atoms with van der Waals surface area (Å²) in [5, 5.41) is 3.29. The molecule has 2 amide bonds. The summed E-state index contributed by atoms with van der Waals surface area (Å²) >= 11 is 12.2. The highest BCUT2D eigenvalue weighted by molar-refractivity contribution is 7.89. The van der Waals surface area contributed by atoms with Gasteiger partial charge < -0.3 is 15.1 Å². The molecule has 2 fully saturated rings. The van der Waals surface area contributed by atoms with Gasteiger partial charge in [-0.1, -0.05) is 48.3 Å². The highest BCUT2D eigenvalue weighted by Gasteiger charge is 2.55. The van der Waals surface area contributed by atoms with E-state index in [1.807, 2.05) is 49.1 Å². The Bertz CT molecular complexity index is 1230. The van der Waals surface area contributed by atoms with Crippen LogP contribution in [0, 0.1) is 0 Å². The topological polar surface area (TPSA) is 90.0 Å². The zero-order valence-electron chi connectivity index (χ0n) is 20.3. The molecule has 194 valence electrons. The zero-order chi connectivity index (χ0) is 26.1. The Balaban J connectivity index is 1.59. The van der Waals surface area contributed by atoms with Crippen molar-refractivity contribution in [3.63, 3.8) is 0 Å². The van der Waals surface area contributed by atoms with Gasteiger partial charge in [0.25, 0.3) is 0 Å². The van der Waals surface area contributed by atoms with Gasteiger partial charge in [-0.3, -0.25) is 9.59 Å². The van der Waals surface area contributed by atoms with Crippen LogP contribution >= 0.6 is 23.2 Å². The third-order valence-electron chi connectivity index (χ3n) is 7.00. The molecular weight excluding hydrogens is 523 g/mol. The number of nitrogens with zero attached hydrogens (tertiary/aromatic N) is 3. The molecule has 2 aliphatic heterocycles. The quantitative estimate of drug-likeness (QED) is 0.565. The molecule has 11 heteroatoms. The molecule has 1 spiro atoms. The molecule has 1 unspecified atom stereocenters. The minimum absolute atomic E-state index is 0.0150. The molecule has 0 aromatic heterocycles. The first-order valence-corrected chi connectivity index (χ1v) is 14.1. The maximum absolute atomic E-state index is 13.8. The van der Waals surface area contributed by atoms with Crippen molar-refractivity contribution < 1.29 is 18.0 Å². The summed E-state index contributed by atoms with van der Waals surface area (Å²) in [5.74, 6) is -0.373. The first kappa shape index (κ1) is 26.7. The molecule has 0 aliphatic carbocycles. The van der Waals surface area contributed by atoms with Crippen molar-refractivity contribution in [2.24, 2.45) is 0 Å². The summed E-state index contributed by atoms with van der Waals surface area (Å²) in [5.41, 5.74) is -0.0906. The van der Waals surface area contributed by atoms with Crippen LogP contribution in [0.4, 0.5) is 5.69 Å². The Hall–Kier alpha value is -2.33. The maximum atomic E-state index is 13.8. The van der Waals surface area contributed by atoms with Gasteiger partial charge >= 0.3 is 0 Å². The van der Waals surface area contributed by atoms with Gasteiger partial charge in [-0.05, 0) is 56.5 Å². The average molecular weight is 554 g/mol. The number of hydrogen-bond donors (Lipinski definition) is 1. The first-order valence-electron chi connectivity index (χ1n) is 11.9. The van der Waals surface area contributed by atoms with Gasteiger partial charge in [0, 0.05) is 29.8 Å². The molecule has 2 saturated heterocycles. The molecule has 8 nitrogen and oxygen atoms in total. The van der Waals surface area contributed by atoms with Gasteiger partial charge in [0.05, 0.1) is 11.7 Å². The molecule has 1 N–H and O–H groups in total. The highest BCUT2D eigenvalue weighted by atomic mass is 35.5. The fourth-order valence-electron chi connectivity index (χ4n) is 4.83. The molecule has 2 aliphatic rings. The molecule has 2 aromatic rings. The van der Waals surface area contributed by atoms with E-state index >= 15 is 0 Å². The van der Waals surface area contributed by atoms with E-state index in [1.54, 1.807) is 4.90 Å². The van der Waals surface area contributed by atoms with Crippen molar-refractivity contribution in [1.29, 1.82) is 0 Å². The van der Waals surface area contributed by atoms with Gasteiger partial charge in [-0.25, -0.2) is 8.42 Å². The van der Waals surface area contributed by atoms with E-state index < -0.39 is 15.6 Å². The lowest BCUT2D eigenvalue weighted by atomic mass is 9.86. The summed E-state index contributed by atoms with van der Waals surface area (Å²) in [6.45, 7) is 4.37. The van der Waals surface area contributed by atoms with Crippen LogP contribution in [-0.2, 0) is 19.6 Å². The average Bonchev–Trinajstić information content (AvgIpc) is 3.12. The van der Waals surface area contributed by atoms with Crippen molar-refractivity contribution in [2.45, 2.75) is 49.6 Å². The molecule has 2 aromatic carbocycles. The number of rotatable bonds is 7. The number of para-hydroxylation sites is 1. The van der Waals surface area contributed by atoms with E-state index in [0.29, 0.717) is 0 Å². The monoisotopic (exact) mass is 552 g/mol. The van der Waals surface area contributed by atoms with E-state index in [1.165, 1.54) is 22.5 Å². The molecular formula is C25H30Cl2N4O4S. The number of carbonyl (C=O) groups is 2. The summed E-state index contributed by atoms with van der Waals surface area (Å²) < 4.78 is 28.1. The smallest absolute Gasteiger partial charge is 0.250 e. The fourth-order valence-corrected chi connectivity index (χ4v) is 7.01. The Morgan fingerprint density at radius 2 is 1.78 bits per heavy atom. The predicted molar refractivity (Wildman–Crippen MR) is 141 cm³/mol. The minimum Gasteiger partial charge on any atom is -0.352 e. The van der Waals surface area contributed by atoms with Crippen LogP contribution in [-0.4, -0.2) is 67.3 Å². The lowest BCUT2D eigenvalue weighted by molar-refractivity contribution is -0.137. The van der Waals surface area contributed by atoms with Crippen LogP contribution < -0.4 is 10.2 Å². The van der Waals surface area contributed by atoms with Gasteiger partial charge in [-0.15, -0.1) is 0 Å². The summed E-state index contributed by atoms with van der Waals surface area (Å²) in [4.78, 5) is 29.9. The van der Waals surface area contributed by atoms with Crippen molar-refractivity contribution >= 4 is 50.7 Å². The van der Waals surface area contributed by atoms with Crippen LogP contribution in [0.3, 0.4) is 0 Å². The Labute approximate surface area is 222 Å². The number of benzene rings is 2. The van der Waals surface area contributed by atoms with E-state index in [0.717, 1.165) is 12.1 Å². The first-order chi connectivity index (χ1) is 17.1. The number of halogens is 2. The van der Waals surface area contributed by atoms with E-state index in [9.17, 15) is 18.0 Å². The second-order valence-electron chi connectivity index (χ2n) is 9.30. The second-order valence-corrected chi connectivity index (χ2v) is 12.0. The van der Waals surface area contributed by atoms with E-state index in [2.05, 4.69) is 5.32 Å². The zero-order valence-corrected chi connectivity index (χ0v) is 22.6. The number of hydrogen-bond acceptors (Lipinski definition) is 5. The van der Waals surface area contributed by atoms with E-state index in [4.69, 9.17) is 23.2 Å². The number of nitrogens with one attached hydrogen (secondary N) is 1. The maximum Gasteiger partial charge on any atom is 0.250 e. The molecule has 36 heavy (non-hydrogen) atoms. The standard InChI is InChI=1S/C25H30Cl2N4O4S/c1-3-18(2)28-23(32)16-29-17-31(20-7-5-4-6-8-20)25(24(29)33)11-13-30(14-12-25)36(34,35)22-15-19(26)9-10-21(22)27/h4-10,15,18H,3,11-14,16-17H2,1-2H3,(H,28,32). The number of anilines is 1. The number of sulfonamides is 1. The second kappa shape index (κ2) is 10.6. The largest absolute Gasteiger partial charge is 0.352 e. The molecule has 0 radical (unpaired) electrons. The van der Waals surface area contributed by atoms with Crippen LogP contribution in [0.15, 0.2) is 53.4 Å². The van der Waals surface area contributed by atoms with Crippen molar-refractivity contribution in [1.82, 2.24) is 14.5 Å². The normalized spacial score (nSPS) is 19.1. The molecule has 4 rings (SSSR count). The lowest BCUT2D eigenvalue weighted by Crippen LogP contribution is -2.57. The molecule has 1 atom stereocenters. The van der Waals surface area contributed by atoms with Gasteiger partial charge in [-0.2, -0.15) is 4.31 Å². The summed E-state index contributed by atoms with van der Waals surface area (Å²) in [7, 11) is -3.90. The van der Waals surface area contributed by atoms with Gasteiger partial charge in [0.15, 0.2) is 0 Å². The van der Waals surface area contributed by atoms with Crippen molar-refractivity contribution in [3.05, 3.63) is 58.6 Å². The highest BCUT2D eigenvalue weighted by Crippen LogP contribution is 2.41. The molecule has 0 bridgehead atoms. The number of amides is 2. The van der Waals surface area contributed by atoms with Crippen LogP contribution in [0.25, 0.3) is 0 Å². The number of piperidine rings is 1. The van der Waals surface area contributed by atoms with Gasteiger partial charge in [0.1, 0.15) is 17.0 Å². The Morgan fingerprint density at radius 3 is 2.42 bits per heavy atom. The Morgan fingerprint density at radius 1 is 1.11 bits per heavy atom. The van der Waals surface area contributed by atoms with Crippen LogP contribution in [0.1, 0.15) is 33.1 Å². The minimum atomic E-state index is -3.90. The predicted octanol–water partition coefficient (Wildman–Crippen LogP) is 3.74. The lowest BCUT2D eigenvalue weighted by Gasteiger charge is -2.42. The van der Waals surface area contributed by atoms with Crippen LogP contribution in [0.2, 0.25) is 10.0 Å². The van der Waals surface area contributed by atoms with Crippen molar-refractivity contribution in [3.8, 4) is 0 Å². The van der Waals surface area contributed by atoms with E-state index in [-0.39, 0.29) is 71.9 Å². The SMILES string of the molecule is CCC(C)NC(=O)CN1CN(c2ccccc2)C2(CCN(S(=O)(=O)c3cc(Cl)ccc3Cl)CC2)C1=O. The Kier molecular flexibility index (Phi) is 7.85. The number of carbonyl (C=O) groups excluding carboxylic acids is 2. The third-order valence-corrected chi connectivity index (χ3v) is 9.61. The molecule has 2 heterocycles. The third kappa shape index (κ3) is 5.07. The summed E-state index contributed by atoms with van der Waals surface area (Å²) in [6.07, 6.45) is 1.35. The van der Waals surface area contributed by atoms with Crippen LogP contribution in [0.5, 0.6) is 0 Å². The summed E-state index contributed by atoms with van der Waals surface area (Å²) in [6, 6.07) is 13.9. The fraction of sp³-hybridized carbons (Fsp3) is 0.440.